The first-order chi connectivity index (χ1) is 5.04. The van der Waals surface area contributed by atoms with Crippen LogP contribution >= 0.6 is 0 Å². The van der Waals surface area contributed by atoms with Crippen molar-refractivity contribution in [3.05, 3.63) is 0 Å². The molecule has 0 saturated heterocycles. The smallest absolute Gasteiger partial charge is 0.320 e. The molecule has 0 unspecified atom stereocenters. The minimum absolute atomic E-state index is 0.178. The number of carboxylic acid groups (broad SMARTS) is 1. The molecule has 0 saturated carbocycles. The van der Waals surface area contributed by atoms with Gasteiger partial charge in [-0.15, -0.1) is 0 Å². The number of carboxylic acids is 1. The van der Waals surface area contributed by atoms with Crippen LogP contribution in [0.1, 0.15) is 13.3 Å². The lowest BCUT2D eigenvalue weighted by Gasteiger charge is -2.05. The van der Waals surface area contributed by atoms with Crippen LogP contribution in [-0.2, 0) is 9.59 Å². The van der Waals surface area contributed by atoms with Crippen LogP contribution in [0.3, 0.4) is 0 Å². The highest BCUT2D eigenvalue weighted by atomic mass is 16.4. The fourth-order valence-electron chi connectivity index (χ4n) is 0.527. The molecule has 0 aromatic rings. The fourth-order valence-corrected chi connectivity index (χ4v) is 0.527. The van der Waals surface area contributed by atoms with Gasteiger partial charge in [-0.25, -0.2) is 0 Å². The Balaban J connectivity index is 3.39. The summed E-state index contributed by atoms with van der Waals surface area (Å²) in [7, 11) is 0. The number of carbonyl (C=O) groups is 2. The number of amides is 1. The summed E-state index contributed by atoms with van der Waals surface area (Å²) in [6.07, 6.45) is 0.259. The van der Waals surface area contributed by atoms with Crippen LogP contribution in [0.5, 0.6) is 0 Å². The van der Waals surface area contributed by atoms with Crippen molar-refractivity contribution in [2.45, 2.75) is 19.4 Å². The Morgan fingerprint density at radius 1 is 1.64 bits per heavy atom. The summed E-state index contributed by atoms with van der Waals surface area (Å²) in [5.74, 6) is -1.22. The fraction of sp³-hybridized carbons (Fsp3) is 0.667. The van der Waals surface area contributed by atoms with Crippen LogP contribution < -0.4 is 11.1 Å². The third kappa shape index (κ3) is 5.35. The van der Waals surface area contributed by atoms with Crippen molar-refractivity contribution in [3.8, 4) is 0 Å². The molecule has 0 heterocycles. The highest BCUT2D eigenvalue weighted by Crippen LogP contribution is 1.85. The SMILES string of the molecule is CC(=O)NCC[C@H](N)C(=O)O. The summed E-state index contributed by atoms with van der Waals surface area (Å²) in [6, 6.07) is -0.887. The highest BCUT2D eigenvalue weighted by Gasteiger charge is 2.09. The third-order valence-electron chi connectivity index (χ3n) is 1.15. The van der Waals surface area contributed by atoms with Crippen LogP contribution in [0.15, 0.2) is 0 Å². The van der Waals surface area contributed by atoms with Gasteiger partial charge in [-0.05, 0) is 6.42 Å². The maximum atomic E-state index is 10.3. The van der Waals surface area contributed by atoms with Gasteiger partial charge in [0.25, 0.3) is 0 Å². The zero-order valence-corrected chi connectivity index (χ0v) is 6.33. The van der Waals surface area contributed by atoms with Crippen LogP contribution in [-0.4, -0.2) is 29.6 Å². The molecule has 5 heteroatoms. The van der Waals surface area contributed by atoms with Gasteiger partial charge in [0.15, 0.2) is 0 Å². The molecule has 0 aromatic heterocycles. The molecule has 0 bridgehead atoms. The maximum Gasteiger partial charge on any atom is 0.320 e. The van der Waals surface area contributed by atoms with E-state index in [0.29, 0.717) is 6.54 Å². The van der Waals surface area contributed by atoms with Gasteiger partial charge in [0, 0.05) is 13.5 Å². The summed E-state index contributed by atoms with van der Waals surface area (Å²) < 4.78 is 0. The molecule has 5 nitrogen and oxygen atoms in total. The lowest BCUT2D eigenvalue weighted by Crippen LogP contribution is -2.34. The molecule has 0 rings (SSSR count). The Bertz CT molecular complexity index is 158. The van der Waals surface area contributed by atoms with Crippen molar-refractivity contribution < 1.29 is 14.7 Å². The van der Waals surface area contributed by atoms with Crippen LogP contribution in [0.2, 0.25) is 0 Å². The number of nitrogens with two attached hydrogens (primary N) is 1. The molecule has 0 fully saturated rings. The highest BCUT2D eigenvalue weighted by molar-refractivity contribution is 5.74. The van der Waals surface area contributed by atoms with Crippen molar-refractivity contribution >= 4 is 11.9 Å². The van der Waals surface area contributed by atoms with E-state index >= 15 is 0 Å². The molecule has 4 N–H and O–H groups in total. The van der Waals surface area contributed by atoms with E-state index in [9.17, 15) is 9.59 Å². The first kappa shape index (κ1) is 9.90. The first-order valence-electron chi connectivity index (χ1n) is 3.27. The van der Waals surface area contributed by atoms with Gasteiger partial charge < -0.3 is 16.2 Å². The number of carbonyl (C=O) groups excluding carboxylic acids is 1. The molecule has 0 aliphatic heterocycles. The summed E-state index contributed by atoms with van der Waals surface area (Å²) in [5, 5.41) is 10.8. The zero-order chi connectivity index (χ0) is 8.85. The minimum atomic E-state index is -1.05. The largest absolute Gasteiger partial charge is 0.480 e. The van der Waals surface area contributed by atoms with Crippen LogP contribution in [0, 0.1) is 0 Å². The van der Waals surface area contributed by atoms with Gasteiger partial charge >= 0.3 is 5.97 Å². The second kappa shape index (κ2) is 4.68. The zero-order valence-electron chi connectivity index (χ0n) is 6.33. The molecule has 0 aliphatic rings. The number of hydrogen-bond acceptors (Lipinski definition) is 3. The summed E-state index contributed by atoms with van der Waals surface area (Å²) >= 11 is 0. The molecule has 64 valence electrons. The number of hydrogen-bond donors (Lipinski definition) is 3. The molecular formula is C6H12N2O3. The molecule has 1 amide bonds. The van der Waals surface area contributed by atoms with E-state index in [1.807, 2.05) is 0 Å². The minimum Gasteiger partial charge on any atom is -0.480 e. The summed E-state index contributed by atoms with van der Waals surface area (Å²) in [5.41, 5.74) is 5.15. The van der Waals surface area contributed by atoms with E-state index in [4.69, 9.17) is 10.8 Å². The Morgan fingerprint density at radius 3 is 2.55 bits per heavy atom. The van der Waals surface area contributed by atoms with Crippen LogP contribution in [0.4, 0.5) is 0 Å². The van der Waals surface area contributed by atoms with Gasteiger partial charge in [0.05, 0.1) is 0 Å². The average molecular weight is 160 g/mol. The van der Waals surface area contributed by atoms with Crippen molar-refractivity contribution in [2.75, 3.05) is 6.54 Å². The lowest BCUT2D eigenvalue weighted by atomic mass is 10.2. The van der Waals surface area contributed by atoms with E-state index in [0.717, 1.165) is 0 Å². The van der Waals surface area contributed by atoms with Gasteiger partial charge in [0.1, 0.15) is 6.04 Å². The summed E-state index contributed by atoms with van der Waals surface area (Å²) in [6.45, 7) is 1.68. The first-order valence-corrected chi connectivity index (χ1v) is 3.27. The second-order valence-electron chi connectivity index (χ2n) is 2.22. The lowest BCUT2D eigenvalue weighted by molar-refractivity contribution is -0.138. The number of rotatable bonds is 4. The topological polar surface area (TPSA) is 92.4 Å². The van der Waals surface area contributed by atoms with Crippen molar-refractivity contribution in [2.24, 2.45) is 5.73 Å². The van der Waals surface area contributed by atoms with E-state index in [1.54, 1.807) is 0 Å². The van der Waals surface area contributed by atoms with Gasteiger partial charge in [0.2, 0.25) is 5.91 Å². The van der Waals surface area contributed by atoms with E-state index in [-0.39, 0.29) is 12.3 Å². The third-order valence-corrected chi connectivity index (χ3v) is 1.15. The molecule has 0 spiro atoms. The Labute approximate surface area is 64.6 Å². The Morgan fingerprint density at radius 2 is 2.18 bits per heavy atom. The van der Waals surface area contributed by atoms with E-state index < -0.39 is 12.0 Å². The molecule has 0 radical (unpaired) electrons. The summed E-state index contributed by atoms with van der Waals surface area (Å²) in [4.78, 5) is 20.4. The number of aliphatic carboxylic acids is 1. The quantitative estimate of drug-likeness (QED) is 0.488. The van der Waals surface area contributed by atoms with Crippen molar-refractivity contribution in [1.82, 2.24) is 5.32 Å². The standard InChI is InChI=1S/C6H12N2O3/c1-4(9)8-3-2-5(7)6(10)11/h5H,2-3,7H2,1H3,(H,8,9)(H,10,11)/t5-/m0/s1. The van der Waals surface area contributed by atoms with E-state index in [1.165, 1.54) is 6.92 Å². The molecular weight excluding hydrogens is 148 g/mol. The molecule has 0 aliphatic carbocycles. The monoisotopic (exact) mass is 160 g/mol. The van der Waals surface area contributed by atoms with Gasteiger partial charge in [-0.2, -0.15) is 0 Å². The van der Waals surface area contributed by atoms with Crippen molar-refractivity contribution in [1.29, 1.82) is 0 Å². The predicted octanol–water partition coefficient (Wildman–Crippen LogP) is -1.08. The molecule has 1 atom stereocenters. The van der Waals surface area contributed by atoms with Gasteiger partial charge in [-0.3, -0.25) is 9.59 Å². The molecule has 11 heavy (non-hydrogen) atoms. The van der Waals surface area contributed by atoms with Crippen molar-refractivity contribution in [3.63, 3.8) is 0 Å². The van der Waals surface area contributed by atoms with Gasteiger partial charge in [-0.1, -0.05) is 0 Å². The van der Waals surface area contributed by atoms with E-state index in [2.05, 4.69) is 5.32 Å². The van der Waals surface area contributed by atoms with Crippen LogP contribution in [0.25, 0.3) is 0 Å². The Hall–Kier alpha value is -1.10. The normalized spacial score (nSPS) is 12.2. The second-order valence-corrected chi connectivity index (χ2v) is 2.22. The maximum absolute atomic E-state index is 10.3. The predicted molar refractivity (Wildman–Crippen MR) is 38.9 cm³/mol. The molecule has 0 aromatic carbocycles. The number of nitrogens with one attached hydrogen (secondary N) is 1. The Kier molecular flexibility index (Phi) is 4.21. The average Bonchev–Trinajstić information content (AvgIpc) is 1.86.